The summed E-state index contributed by atoms with van der Waals surface area (Å²) in [5.74, 6) is 1.79. The van der Waals surface area contributed by atoms with E-state index in [2.05, 4.69) is 37.7 Å². The molecule has 0 radical (unpaired) electrons. The number of rotatable bonds is 8. The van der Waals surface area contributed by atoms with Crippen molar-refractivity contribution in [2.75, 3.05) is 19.6 Å². The van der Waals surface area contributed by atoms with Gasteiger partial charge >= 0.3 is 0 Å². The number of aliphatic imine (C=N–C) groups is 1. The monoisotopic (exact) mass is 385 g/mol. The van der Waals surface area contributed by atoms with Gasteiger partial charge in [-0.15, -0.1) is 10.2 Å². The number of fused-ring (bicyclic) bond motifs is 1. The zero-order valence-electron chi connectivity index (χ0n) is 15.4. The number of guanidine groups is 1. The van der Waals surface area contributed by atoms with Crippen LogP contribution in [0.3, 0.4) is 0 Å². The van der Waals surface area contributed by atoms with Gasteiger partial charge in [-0.3, -0.25) is 9.39 Å². The molecule has 0 bridgehead atoms. The van der Waals surface area contributed by atoms with Gasteiger partial charge in [0.25, 0.3) is 0 Å². The molecule has 0 aromatic carbocycles. The molecular weight excluding hydrogens is 362 g/mol. The molecule has 27 heavy (non-hydrogen) atoms. The molecule has 3 rings (SSSR count). The topological polar surface area (TPSA) is 79.5 Å². The van der Waals surface area contributed by atoms with E-state index in [-0.39, 0.29) is 0 Å². The van der Waals surface area contributed by atoms with Crippen LogP contribution in [0.25, 0.3) is 5.65 Å². The predicted octanol–water partition coefficient (Wildman–Crippen LogP) is 2.51. The van der Waals surface area contributed by atoms with Crippen molar-refractivity contribution in [1.29, 1.82) is 0 Å². The van der Waals surface area contributed by atoms with E-state index in [0.717, 1.165) is 61.9 Å². The average Bonchev–Trinajstić information content (AvgIpc) is 3.10. The fourth-order valence-electron chi connectivity index (χ4n) is 2.71. The summed E-state index contributed by atoms with van der Waals surface area (Å²) >= 11 is 5.81. The summed E-state index contributed by atoms with van der Waals surface area (Å²) in [6, 6.07) is 9.71. The Labute approximate surface area is 163 Å². The van der Waals surface area contributed by atoms with Crippen LogP contribution in [0.4, 0.5) is 0 Å². The predicted molar refractivity (Wildman–Crippen MR) is 108 cm³/mol. The SMILES string of the molecule is CCNC(=NCCCc1nnc2ccccn12)NCCc1ccc(Cl)nc1. The molecule has 142 valence electrons. The molecule has 8 heteroatoms. The zero-order chi connectivity index (χ0) is 18.9. The summed E-state index contributed by atoms with van der Waals surface area (Å²) in [4.78, 5) is 8.74. The lowest BCUT2D eigenvalue weighted by atomic mass is 10.2. The quantitative estimate of drug-likeness (QED) is 0.269. The Morgan fingerprint density at radius 2 is 2.07 bits per heavy atom. The molecule has 0 spiro atoms. The molecule has 2 N–H and O–H groups in total. The molecule has 3 aromatic rings. The molecule has 0 saturated heterocycles. The highest BCUT2D eigenvalue weighted by Gasteiger charge is 2.04. The van der Waals surface area contributed by atoms with E-state index in [9.17, 15) is 0 Å². The van der Waals surface area contributed by atoms with E-state index in [4.69, 9.17) is 11.6 Å². The van der Waals surface area contributed by atoms with Crippen LogP contribution in [-0.4, -0.2) is 45.2 Å². The summed E-state index contributed by atoms with van der Waals surface area (Å²) in [6.45, 7) is 4.38. The normalized spacial score (nSPS) is 11.7. The molecule has 0 amide bonds. The highest BCUT2D eigenvalue weighted by molar-refractivity contribution is 6.29. The summed E-state index contributed by atoms with van der Waals surface area (Å²) in [5, 5.41) is 15.6. The van der Waals surface area contributed by atoms with E-state index in [1.807, 2.05) is 40.9 Å². The maximum Gasteiger partial charge on any atom is 0.191 e. The Morgan fingerprint density at radius 1 is 1.15 bits per heavy atom. The maximum atomic E-state index is 5.81. The van der Waals surface area contributed by atoms with E-state index < -0.39 is 0 Å². The van der Waals surface area contributed by atoms with Crippen molar-refractivity contribution in [2.45, 2.75) is 26.2 Å². The standard InChI is InChI=1S/C19H24ClN7/c1-2-21-19(23-12-10-15-8-9-16(20)24-14-15)22-11-5-7-18-26-25-17-6-3-4-13-27(17)18/h3-4,6,8-9,13-14H,2,5,7,10-12H2,1H3,(H2,21,22,23). The third-order valence-electron chi connectivity index (χ3n) is 4.05. The van der Waals surface area contributed by atoms with Crippen LogP contribution < -0.4 is 10.6 Å². The molecular formula is C19H24ClN7. The first-order valence-corrected chi connectivity index (χ1v) is 9.55. The third kappa shape index (κ3) is 5.65. The second kappa shape index (κ2) is 9.87. The summed E-state index contributed by atoms with van der Waals surface area (Å²) in [6.07, 6.45) is 6.40. The minimum Gasteiger partial charge on any atom is -0.357 e. The van der Waals surface area contributed by atoms with Crippen molar-refractivity contribution < 1.29 is 0 Å². The Morgan fingerprint density at radius 3 is 2.89 bits per heavy atom. The molecule has 0 aliphatic rings. The number of nitrogens with one attached hydrogen (secondary N) is 2. The Hall–Kier alpha value is -2.67. The largest absolute Gasteiger partial charge is 0.357 e. The highest BCUT2D eigenvalue weighted by atomic mass is 35.5. The van der Waals surface area contributed by atoms with Crippen LogP contribution >= 0.6 is 11.6 Å². The fraction of sp³-hybridized carbons (Fsp3) is 0.368. The Kier molecular flexibility index (Phi) is 6.98. The van der Waals surface area contributed by atoms with Crippen LogP contribution in [0.2, 0.25) is 5.15 Å². The number of aromatic nitrogens is 4. The molecule has 7 nitrogen and oxygen atoms in total. The second-order valence-electron chi connectivity index (χ2n) is 6.08. The van der Waals surface area contributed by atoms with Gasteiger partial charge < -0.3 is 10.6 Å². The molecule has 0 aliphatic heterocycles. The highest BCUT2D eigenvalue weighted by Crippen LogP contribution is 2.06. The minimum absolute atomic E-state index is 0.516. The summed E-state index contributed by atoms with van der Waals surface area (Å²) < 4.78 is 2.02. The van der Waals surface area contributed by atoms with Crippen molar-refractivity contribution in [3.8, 4) is 0 Å². The van der Waals surface area contributed by atoms with Crippen LogP contribution in [0.5, 0.6) is 0 Å². The number of nitrogens with zero attached hydrogens (tertiary/aromatic N) is 5. The first kappa shape index (κ1) is 19.1. The first-order chi connectivity index (χ1) is 13.3. The van der Waals surface area contributed by atoms with Gasteiger partial charge in [0.1, 0.15) is 11.0 Å². The summed E-state index contributed by atoms with van der Waals surface area (Å²) in [5.41, 5.74) is 2.02. The minimum atomic E-state index is 0.516. The van der Waals surface area contributed by atoms with Gasteiger partial charge in [-0.05, 0) is 43.5 Å². The van der Waals surface area contributed by atoms with Crippen LogP contribution in [-0.2, 0) is 12.8 Å². The van der Waals surface area contributed by atoms with Gasteiger partial charge in [0.15, 0.2) is 11.6 Å². The molecule has 3 heterocycles. The Balaban J connectivity index is 1.46. The second-order valence-corrected chi connectivity index (χ2v) is 6.46. The van der Waals surface area contributed by atoms with Gasteiger partial charge in [-0.2, -0.15) is 0 Å². The van der Waals surface area contributed by atoms with Crippen molar-refractivity contribution in [1.82, 2.24) is 30.2 Å². The van der Waals surface area contributed by atoms with E-state index in [1.165, 1.54) is 0 Å². The number of hydrogen-bond acceptors (Lipinski definition) is 4. The third-order valence-corrected chi connectivity index (χ3v) is 4.28. The Bertz CT molecular complexity index is 873. The van der Waals surface area contributed by atoms with E-state index in [0.29, 0.717) is 5.15 Å². The van der Waals surface area contributed by atoms with Crippen molar-refractivity contribution in [3.63, 3.8) is 0 Å². The number of pyridine rings is 2. The lowest BCUT2D eigenvalue weighted by Gasteiger charge is -2.11. The van der Waals surface area contributed by atoms with Gasteiger partial charge in [0.05, 0.1) is 0 Å². The fourth-order valence-corrected chi connectivity index (χ4v) is 2.82. The maximum absolute atomic E-state index is 5.81. The average molecular weight is 386 g/mol. The lowest BCUT2D eigenvalue weighted by molar-refractivity contribution is 0.750. The van der Waals surface area contributed by atoms with Gasteiger partial charge in [0.2, 0.25) is 0 Å². The van der Waals surface area contributed by atoms with Gasteiger partial charge in [-0.25, -0.2) is 4.98 Å². The smallest absolute Gasteiger partial charge is 0.191 e. The van der Waals surface area contributed by atoms with E-state index >= 15 is 0 Å². The van der Waals surface area contributed by atoms with Crippen LogP contribution in [0.1, 0.15) is 24.7 Å². The molecule has 0 aliphatic carbocycles. The van der Waals surface area contributed by atoms with E-state index in [1.54, 1.807) is 6.20 Å². The molecule has 0 fully saturated rings. The molecule has 3 aromatic heterocycles. The van der Waals surface area contributed by atoms with Gasteiger partial charge in [-0.1, -0.05) is 23.7 Å². The van der Waals surface area contributed by atoms with Crippen molar-refractivity contribution in [3.05, 3.63) is 59.3 Å². The van der Waals surface area contributed by atoms with Crippen molar-refractivity contribution in [2.24, 2.45) is 4.99 Å². The number of hydrogen-bond donors (Lipinski definition) is 2. The molecule has 0 saturated carbocycles. The lowest BCUT2D eigenvalue weighted by Crippen LogP contribution is -2.38. The number of halogens is 1. The molecule has 0 unspecified atom stereocenters. The number of aryl methyl sites for hydroxylation is 1. The summed E-state index contributed by atoms with van der Waals surface area (Å²) in [7, 11) is 0. The molecule has 0 atom stereocenters. The van der Waals surface area contributed by atoms with Gasteiger partial charge in [0, 0.05) is 38.4 Å². The zero-order valence-corrected chi connectivity index (χ0v) is 16.2. The van der Waals surface area contributed by atoms with Crippen LogP contribution in [0, 0.1) is 0 Å². The first-order valence-electron chi connectivity index (χ1n) is 9.17. The van der Waals surface area contributed by atoms with Crippen LogP contribution in [0.15, 0.2) is 47.7 Å². The van der Waals surface area contributed by atoms with Crippen molar-refractivity contribution >= 4 is 23.2 Å².